The summed E-state index contributed by atoms with van der Waals surface area (Å²) in [5.74, 6) is -1.55. The summed E-state index contributed by atoms with van der Waals surface area (Å²) in [6, 6.07) is 2.76. The average molecular weight is 265 g/mol. The van der Waals surface area contributed by atoms with E-state index in [0.717, 1.165) is 12.1 Å². The highest BCUT2D eigenvalue weighted by Gasteiger charge is 2.13. The first-order chi connectivity index (χ1) is 8.38. The third-order valence-electron chi connectivity index (χ3n) is 2.50. The summed E-state index contributed by atoms with van der Waals surface area (Å²) >= 11 is 0. The monoisotopic (exact) mass is 265 g/mol. The molecule has 6 heteroatoms. The van der Waals surface area contributed by atoms with E-state index in [-0.39, 0.29) is 18.5 Å². The fraction of sp³-hybridized carbons (Fsp3) is 0.500. The molecule has 1 N–H and O–H groups in total. The van der Waals surface area contributed by atoms with E-state index in [4.69, 9.17) is 0 Å². The van der Waals surface area contributed by atoms with Crippen molar-refractivity contribution >= 4 is 0 Å². The van der Waals surface area contributed by atoms with Crippen LogP contribution in [0.25, 0.3) is 0 Å². The molecule has 2 nitrogen and oxygen atoms in total. The van der Waals surface area contributed by atoms with Crippen LogP contribution in [0.3, 0.4) is 0 Å². The van der Waals surface area contributed by atoms with Crippen molar-refractivity contribution in [2.75, 3.05) is 20.1 Å². The highest BCUT2D eigenvalue weighted by molar-refractivity contribution is 5.20. The van der Waals surface area contributed by atoms with Gasteiger partial charge in [-0.25, -0.2) is 17.6 Å². The smallest absolute Gasteiger partial charge is 0.251 e. The zero-order chi connectivity index (χ0) is 13.7. The fourth-order valence-corrected chi connectivity index (χ4v) is 1.60. The van der Waals surface area contributed by atoms with Crippen LogP contribution in [0.1, 0.15) is 18.1 Å². The third-order valence-corrected chi connectivity index (χ3v) is 2.50. The summed E-state index contributed by atoms with van der Waals surface area (Å²) in [7, 11) is 1.49. The lowest BCUT2D eigenvalue weighted by Gasteiger charge is -2.18. The molecule has 0 radical (unpaired) electrons. The molecule has 102 valence electrons. The summed E-state index contributed by atoms with van der Waals surface area (Å²) in [6.07, 6.45) is -3.39. The SMILES string of the molecule is CN(CCC(O)c1cc(F)cc(F)c1)CC(F)F. The van der Waals surface area contributed by atoms with Crippen molar-refractivity contribution in [1.29, 1.82) is 0 Å². The van der Waals surface area contributed by atoms with Gasteiger partial charge in [0, 0.05) is 12.6 Å². The molecule has 0 amide bonds. The molecule has 1 atom stereocenters. The minimum atomic E-state index is -2.45. The quantitative estimate of drug-likeness (QED) is 0.799. The van der Waals surface area contributed by atoms with Gasteiger partial charge in [0.1, 0.15) is 11.6 Å². The van der Waals surface area contributed by atoms with Crippen molar-refractivity contribution in [2.24, 2.45) is 0 Å². The van der Waals surface area contributed by atoms with E-state index < -0.39 is 30.7 Å². The molecular weight excluding hydrogens is 250 g/mol. The maximum absolute atomic E-state index is 12.9. The van der Waals surface area contributed by atoms with Crippen LogP contribution in [0.5, 0.6) is 0 Å². The van der Waals surface area contributed by atoms with E-state index in [9.17, 15) is 22.7 Å². The molecule has 0 aliphatic rings. The molecule has 0 spiro atoms. The van der Waals surface area contributed by atoms with Crippen LogP contribution in [0, 0.1) is 11.6 Å². The third kappa shape index (κ3) is 5.01. The first-order valence-electron chi connectivity index (χ1n) is 5.49. The first-order valence-corrected chi connectivity index (χ1v) is 5.49. The molecule has 0 saturated heterocycles. The van der Waals surface area contributed by atoms with Gasteiger partial charge in [0.2, 0.25) is 0 Å². The van der Waals surface area contributed by atoms with E-state index in [1.54, 1.807) is 0 Å². The summed E-state index contributed by atoms with van der Waals surface area (Å²) in [5, 5.41) is 9.70. The number of benzene rings is 1. The average Bonchev–Trinajstić information content (AvgIpc) is 2.23. The number of hydrogen-bond donors (Lipinski definition) is 1. The Kier molecular flexibility index (Phi) is 5.55. The van der Waals surface area contributed by atoms with Crippen LogP contribution in [0.15, 0.2) is 18.2 Å². The minimum absolute atomic E-state index is 0.109. The number of alkyl halides is 2. The second-order valence-electron chi connectivity index (χ2n) is 4.16. The molecule has 1 unspecified atom stereocenters. The molecule has 1 rings (SSSR count). The highest BCUT2D eigenvalue weighted by Crippen LogP contribution is 2.19. The molecule has 0 heterocycles. The van der Waals surface area contributed by atoms with Crippen molar-refractivity contribution in [2.45, 2.75) is 19.0 Å². The van der Waals surface area contributed by atoms with Gasteiger partial charge in [0.25, 0.3) is 6.43 Å². The number of rotatable bonds is 6. The van der Waals surface area contributed by atoms with Crippen molar-refractivity contribution in [1.82, 2.24) is 4.90 Å². The summed E-state index contributed by atoms with van der Waals surface area (Å²) < 4.78 is 49.9. The predicted octanol–water partition coefficient (Wildman–Crippen LogP) is 2.59. The van der Waals surface area contributed by atoms with Crippen LogP contribution in [-0.4, -0.2) is 36.6 Å². The van der Waals surface area contributed by atoms with Gasteiger partial charge < -0.3 is 10.0 Å². The number of halogens is 4. The molecule has 0 bridgehead atoms. The van der Waals surface area contributed by atoms with Crippen molar-refractivity contribution in [3.8, 4) is 0 Å². The van der Waals surface area contributed by atoms with Gasteiger partial charge in [-0.05, 0) is 31.2 Å². The van der Waals surface area contributed by atoms with Gasteiger partial charge in [0.05, 0.1) is 12.6 Å². The molecule has 1 aromatic rings. The van der Waals surface area contributed by atoms with Crippen LogP contribution < -0.4 is 0 Å². The van der Waals surface area contributed by atoms with Crippen molar-refractivity contribution in [3.05, 3.63) is 35.4 Å². The topological polar surface area (TPSA) is 23.5 Å². The number of nitrogens with zero attached hydrogens (tertiary/aromatic N) is 1. The molecule has 0 saturated carbocycles. The maximum Gasteiger partial charge on any atom is 0.251 e. The zero-order valence-electron chi connectivity index (χ0n) is 9.91. The van der Waals surface area contributed by atoms with Crippen LogP contribution in [0.4, 0.5) is 17.6 Å². The Balaban J connectivity index is 2.52. The standard InChI is InChI=1S/C12H15F4NO/c1-17(7-12(15)16)3-2-11(18)8-4-9(13)6-10(14)5-8/h4-6,11-12,18H,2-3,7H2,1H3. The lowest BCUT2D eigenvalue weighted by molar-refractivity contribution is 0.0873. The number of hydrogen-bond acceptors (Lipinski definition) is 2. The van der Waals surface area contributed by atoms with E-state index in [0.29, 0.717) is 6.07 Å². The second-order valence-corrected chi connectivity index (χ2v) is 4.16. The zero-order valence-corrected chi connectivity index (χ0v) is 9.91. The minimum Gasteiger partial charge on any atom is -0.388 e. The normalized spacial score (nSPS) is 13.3. The highest BCUT2D eigenvalue weighted by atomic mass is 19.3. The number of aliphatic hydroxyl groups excluding tert-OH is 1. The van der Waals surface area contributed by atoms with Gasteiger partial charge in [-0.1, -0.05) is 0 Å². The van der Waals surface area contributed by atoms with Crippen LogP contribution >= 0.6 is 0 Å². The van der Waals surface area contributed by atoms with Gasteiger partial charge in [-0.2, -0.15) is 0 Å². The van der Waals surface area contributed by atoms with Crippen LogP contribution in [0.2, 0.25) is 0 Å². The molecule has 0 fully saturated rings. The Hall–Kier alpha value is -1.14. The van der Waals surface area contributed by atoms with E-state index >= 15 is 0 Å². The fourth-order valence-electron chi connectivity index (χ4n) is 1.60. The van der Waals surface area contributed by atoms with Gasteiger partial charge in [-0.15, -0.1) is 0 Å². The molecule has 0 aliphatic heterocycles. The summed E-state index contributed by atoms with van der Waals surface area (Å²) in [6.45, 7) is -0.187. The second kappa shape index (κ2) is 6.70. The Morgan fingerprint density at radius 2 is 1.72 bits per heavy atom. The molecule has 1 aromatic carbocycles. The lowest BCUT2D eigenvalue weighted by Crippen LogP contribution is -2.26. The Morgan fingerprint density at radius 3 is 2.22 bits per heavy atom. The maximum atomic E-state index is 12.9. The Morgan fingerprint density at radius 1 is 1.17 bits per heavy atom. The number of aliphatic hydroxyl groups is 1. The lowest BCUT2D eigenvalue weighted by atomic mass is 10.1. The van der Waals surface area contributed by atoms with Crippen LogP contribution in [-0.2, 0) is 0 Å². The van der Waals surface area contributed by atoms with Crippen molar-refractivity contribution in [3.63, 3.8) is 0 Å². The molecule has 0 aromatic heterocycles. The predicted molar refractivity (Wildman–Crippen MR) is 59.4 cm³/mol. The van der Waals surface area contributed by atoms with Gasteiger partial charge in [0.15, 0.2) is 0 Å². The van der Waals surface area contributed by atoms with Crippen molar-refractivity contribution < 1.29 is 22.7 Å². The van der Waals surface area contributed by atoms with E-state index in [1.807, 2.05) is 0 Å². The molecule has 0 aliphatic carbocycles. The molecular formula is C12H15F4NO. The van der Waals surface area contributed by atoms with Gasteiger partial charge >= 0.3 is 0 Å². The van der Waals surface area contributed by atoms with E-state index in [2.05, 4.69) is 0 Å². The largest absolute Gasteiger partial charge is 0.388 e. The van der Waals surface area contributed by atoms with Gasteiger partial charge in [-0.3, -0.25) is 0 Å². The summed E-state index contributed by atoms with van der Waals surface area (Å²) in [5.41, 5.74) is 0.109. The Bertz CT molecular complexity index is 366. The molecule has 18 heavy (non-hydrogen) atoms. The first kappa shape index (κ1) is 14.9. The summed E-state index contributed by atoms with van der Waals surface area (Å²) in [4.78, 5) is 1.35. The van der Waals surface area contributed by atoms with E-state index in [1.165, 1.54) is 11.9 Å². The Labute approximate surface area is 103 Å².